The third-order valence-corrected chi connectivity index (χ3v) is 6.12. The lowest BCUT2D eigenvalue weighted by Gasteiger charge is -2.21. The fourth-order valence-corrected chi connectivity index (χ4v) is 4.31. The molecule has 0 bridgehead atoms. The van der Waals surface area contributed by atoms with Crippen LogP contribution in [0, 0.1) is 6.92 Å². The zero-order chi connectivity index (χ0) is 24.1. The first-order valence-corrected chi connectivity index (χ1v) is 12.0. The first-order chi connectivity index (χ1) is 16.5. The van der Waals surface area contributed by atoms with Crippen LogP contribution in [-0.2, 0) is 11.2 Å². The SMILES string of the molecule is CCCCc1cn2c([C@H](OCCC)c3ccc(-c4ccccc4C(=O)O)cc3)ccc(C)c2n1. The van der Waals surface area contributed by atoms with Crippen LogP contribution in [0.4, 0.5) is 0 Å². The Morgan fingerprint density at radius 1 is 1.03 bits per heavy atom. The quantitative estimate of drug-likeness (QED) is 0.283. The highest BCUT2D eigenvalue weighted by atomic mass is 16.5. The summed E-state index contributed by atoms with van der Waals surface area (Å²) >= 11 is 0. The van der Waals surface area contributed by atoms with Crippen molar-refractivity contribution in [2.45, 2.75) is 52.6 Å². The average molecular weight is 457 g/mol. The molecule has 5 heteroatoms. The molecule has 0 amide bonds. The molecular formula is C29H32N2O3. The van der Waals surface area contributed by atoms with Gasteiger partial charge in [0.25, 0.3) is 0 Å². The number of ether oxygens (including phenoxy) is 1. The predicted molar refractivity (Wildman–Crippen MR) is 135 cm³/mol. The van der Waals surface area contributed by atoms with Gasteiger partial charge in [-0.25, -0.2) is 9.78 Å². The predicted octanol–water partition coefficient (Wildman–Crippen LogP) is 6.87. The molecule has 4 rings (SSSR count). The number of carboxylic acids is 1. The molecule has 0 aliphatic heterocycles. The summed E-state index contributed by atoms with van der Waals surface area (Å²) in [7, 11) is 0. The molecule has 0 aliphatic rings. The van der Waals surface area contributed by atoms with E-state index >= 15 is 0 Å². The van der Waals surface area contributed by atoms with Gasteiger partial charge in [0.1, 0.15) is 11.8 Å². The van der Waals surface area contributed by atoms with Crippen molar-refractivity contribution in [2.24, 2.45) is 0 Å². The van der Waals surface area contributed by atoms with Crippen LogP contribution < -0.4 is 0 Å². The van der Waals surface area contributed by atoms with E-state index in [9.17, 15) is 9.90 Å². The second-order valence-electron chi connectivity index (χ2n) is 8.69. The van der Waals surface area contributed by atoms with Gasteiger partial charge in [0.2, 0.25) is 0 Å². The van der Waals surface area contributed by atoms with Gasteiger partial charge < -0.3 is 14.2 Å². The molecule has 5 nitrogen and oxygen atoms in total. The Kier molecular flexibility index (Phi) is 7.43. The number of nitrogens with zero attached hydrogens (tertiary/aromatic N) is 2. The summed E-state index contributed by atoms with van der Waals surface area (Å²) in [5.74, 6) is -0.926. The van der Waals surface area contributed by atoms with Crippen LogP contribution in [0.2, 0.25) is 0 Å². The number of rotatable bonds is 10. The number of unbranched alkanes of at least 4 members (excludes halogenated alkanes) is 1. The minimum Gasteiger partial charge on any atom is -0.478 e. The second kappa shape index (κ2) is 10.7. The Morgan fingerprint density at radius 3 is 2.50 bits per heavy atom. The molecule has 4 aromatic rings. The first kappa shape index (κ1) is 23.7. The van der Waals surface area contributed by atoms with Crippen molar-refractivity contribution in [2.75, 3.05) is 6.61 Å². The zero-order valence-corrected chi connectivity index (χ0v) is 20.1. The van der Waals surface area contributed by atoms with Crippen LogP contribution in [0.1, 0.15) is 72.1 Å². The number of hydrogen-bond donors (Lipinski definition) is 1. The molecule has 34 heavy (non-hydrogen) atoms. The standard InChI is InChI=1S/C29H32N2O3/c1-4-6-9-23-19-31-26(17-12-20(3)28(31)30-23)27(34-18-5-2)22-15-13-21(14-16-22)24-10-7-8-11-25(24)29(32)33/h7-8,10-17,19,27H,4-6,9,18H2,1-3H3,(H,32,33)/t27-/m1/s1. The van der Waals surface area contributed by atoms with Crippen LogP contribution in [0.3, 0.4) is 0 Å². The number of benzene rings is 2. The highest BCUT2D eigenvalue weighted by Crippen LogP contribution is 2.31. The summed E-state index contributed by atoms with van der Waals surface area (Å²) in [6.45, 7) is 7.03. The van der Waals surface area contributed by atoms with Crippen LogP contribution in [0.25, 0.3) is 16.8 Å². The number of aryl methyl sites for hydroxylation is 2. The summed E-state index contributed by atoms with van der Waals surface area (Å²) in [5.41, 5.74) is 7.17. The first-order valence-electron chi connectivity index (χ1n) is 12.0. The van der Waals surface area contributed by atoms with E-state index < -0.39 is 5.97 Å². The molecule has 0 spiro atoms. The van der Waals surface area contributed by atoms with Crippen molar-refractivity contribution in [3.63, 3.8) is 0 Å². The summed E-state index contributed by atoms with van der Waals surface area (Å²) in [6, 6.07) is 19.4. The van der Waals surface area contributed by atoms with E-state index in [0.717, 1.165) is 59.4 Å². The van der Waals surface area contributed by atoms with Crippen molar-refractivity contribution in [1.82, 2.24) is 9.38 Å². The van der Waals surface area contributed by atoms with Gasteiger partial charge in [0, 0.05) is 12.8 Å². The lowest BCUT2D eigenvalue weighted by molar-refractivity contribution is 0.0697. The molecule has 176 valence electrons. The fourth-order valence-electron chi connectivity index (χ4n) is 4.31. The minimum absolute atomic E-state index is 0.250. The Balaban J connectivity index is 1.75. The molecule has 0 radical (unpaired) electrons. The minimum atomic E-state index is -0.926. The van der Waals surface area contributed by atoms with Gasteiger partial charge in [-0.2, -0.15) is 0 Å². The molecule has 0 unspecified atom stereocenters. The molecule has 2 aromatic heterocycles. The number of imidazole rings is 1. The summed E-state index contributed by atoms with van der Waals surface area (Å²) < 4.78 is 8.54. The average Bonchev–Trinajstić information content (AvgIpc) is 3.29. The van der Waals surface area contributed by atoms with Gasteiger partial charge in [0.05, 0.1) is 17.0 Å². The number of carbonyl (C=O) groups is 1. The van der Waals surface area contributed by atoms with Crippen molar-refractivity contribution >= 4 is 11.6 Å². The summed E-state index contributed by atoms with van der Waals surface area (Å²) in [6.07, 6.45) is 6.04. The Labute approximate surface area is 201 Å². The number of carboxylic acid groups (broad SMARTS) is 1. The smallest absolute Gasteiger partial charge is 0.336 e. The Morgan fingerprint density at radius 2 is 1.79 bits per heavy atom. The molecule has 0 fully saturated rings. The Bertz CT molecular complexity index is 1270. The molecule has 0 aliphatic carbocycles. The highest BCUT2D eigenvalue weighted by molar-refractivity contribution is 5.96. The summed E-state index contributed by atoms with van der Waals surface area (Å²) in [5, 5.41) is 9.57. The maximum atomic E-state index is 11.7. The van der Waals surface area contributed by atoms with Crippen LogP contribution in [0.5, 0.6) is 0 Å². The van der Waals surface area contributed by atoms with Crippen molar-refractivity contribution in [3.05, 3.63) is 94.9 Å². The van der Waals surface area contributed by atoms with Gasteiger partial charge in [-0.15, -0.1) is 0 Å². The molecule has 2 aromatic carbocycles. The Hall–Kier alpha value is -3.44. The number of fused-ring (bicyclic) bond motifs is 1. The number of pyridine rings is 1. The van der Waals surface area contributed by atoms with Crippen LogP contribution in [-0.4, -0.2) is 27.1 Å². The van der Waals surface area contributed by atoms with E-state index in [-0.39, 0.29) is 6.10 Å². The third kappa shape index (κ3) is 4.90. The maximum Gasteiger partial charge on any atom is 0.336 e. The lowest BCUT2D eigenvalue weighted by Crippen LogP contribution is -2.11. The highest BCUT2D eigenvalue weighted by Gasteiger charge is 2.20. The van der Waals surface area contributed by atoms with Gasteiger partial charge in [-0.3, -0.25) is 0 Å². The van der Waals surface area contributed by atoms with Crippen molar-refractivity contribution < 1.29 is 14.6 Å². The van der Waals surface area contributed by atoms with E-state index in [1.165, 1.54) is 0 Å². The van der Waals surface area contributed by atoms with E-state index in [2.05, 4.69) is 43.5 Å². The normalized spacial score (nSPS) is 12.2. The summed E-state index contributed by atoms with van der Waals surface area (Å²) in [4.78, 5) is 16.6. The number of aromatic carboxylic acids is 1. The maximum absolute atomic E-state index is 11.7. The molecule has 2 heterocycles. The second-order valence-corrected chi connectivity index (χ2v) is 8.69. The van der Waals surface area contributed by atoms with E-state index in [4.69, 9.17) is 9.72 Å². The van der Waals surface area contributed by atoms with Gasteiger partial charge in [-0.1, -0.05) is 68.8 Å². The number of aromatic nitrogens is 2. The van der Waals surface area contributed by atoms with E-state index in [0.29, 0.717) is 17.7 Å². The molecule has 0 saturated carbocycles. The van der Waals surface area contributed by atoms with Crippen LogP contribution >= 0.6 is 0 Å². The fraction of sp³-hybridized carbons (Fsp3) is 0.310. The monoisotopic (exact) mass is 456 g/mol. The molecular weight excluding hydrogens is 424 g/mol. The van der Waals surface area contributed by atoms with Gasteiger partial charge in [0.15, 0.2) is 0 Å². The van der Waals surface area contributed by atoms with Crippen LogP contribution in [0.15, 0.2) is 66.9 Å². The van der Waals surface area contributed by atoms with Crippen molar-refractivity contribution in [1.29, 1.82) is 0 Å². The van der Waals surface area contributed by atoms with Gasteiger partial charge in [-0.05, 0) is 60.6 Å². The van der Waals surface area contributed by atoms with E-state index in [1.807, 2.05) is 36.4 Å². The van der Waals surface area contributed by atoms with Gasteiger partial charge >= 0.3 is 5.97 Å². The van der Waals surface area contributed by atoms with E-state index in [1.54, 1.807) is 12.1 Å². The lowest BCUT2D eigenvalue weighted by atomic mass is 9.97. The topological polar surface area (TPSA) is 63.8 Å². The molecule has 0 saturated heterocycles. The van der Waals surface area contributed by atoms with Crippen molar-refractivity contribution in [3.8, 4) is 11.1 Å². The largest absolute Gasteiger partial charge is 0.478 e. The third-order valence-electron chi connectivity index (χ3n) is 6.12. The molecule has 1 atom stereocenters. The molecule has 1 N–H and O–H groups in total. The number of hydrogen-bond acceptors (Lipinski definition) is 3. The zero-order valence-electron chi connectivity index (χ0n) is 20.1.